The van der Waals surface area contributed by atoms with Gasteiger partial charge in [0.1, 0.15) is 0 Å². The Hall–Kier alpha value is -0.790. The lowest BCUT2D eigenvalue weighted by Crippen LogP contribution is -2.14. The molecule has 2 heteroatoms. The molecule has 0 aromatic carbocycles. The van der Waals surface area contributed by atoms with Crippen LogP contribution in [0.4, 0.5) is 0 Å². The first-order valence-corrected chi connectivity index (χ1v) is 3.18. The highest BCUT2D eigenvalue weighted by atomic mass is 16.1. The predicted molar refractivity (Wildman–Crippen MR) is 38.0 cm³/mol. The van der Waals surface area contributed by atoms with E-state index in [0.29, 0.717) is 12.5 Å². The largest absolute Gasteiger partial charge is 0.381 e. The maximum Gasteiger partial charge on any atom is 0.176 e. The van der Waals surface area contributed by atoms with Gasteiger partial charge >= 0.3 is 0 Å². The first kappa shape index (κ1) is 6.33. The zero-order valence-electron chi connectivity index (χ0n) is 5.77. The molecule has 0 aromatic heterocycles. The van der Waals surface area contributed by atoms with Crippen molar-refractivity contribution < 1.29 is 6.22 Å². The molecular formula is C7H13NO. The Morgan fingerprint density at radius 2 is 2.44 bits per heavy atom. The number of carbonyl (C=O) groups is 1. The monoisotopic (exact) mass is 127 g/mol. The van der Waals surface area contributed by atoms with Crippen molar-refractivity contribution in [3.63, 3.8) is 0 Å². The number of allylic oxidation sites excluding steroid dienone is 1. The average Bonchev–Trinajstić information content (AvgIpc) is 2.14. The van der Waals surface area contributed by atoms with Crippen LogP contribution in [-0.2, 0) is 4.79 Å². The lowest BCUT2D eigenvalue weighted by atomic mass is 10.1. The van der Waals surface area contributed by atoms with E-state index in [1.54, 1.807) is 6.08 Å². The molecule has 1 aliphatic heterocycles. The van der Waals surface area contributed by atoms with E-state index in [4.69, 9.17) is 0 Å². The molecule has 1 N–H and O–H groups in total. The molecule has 1 aliphatic rings. The quantitative estimate of drug-likeness (QED) is 0.568. The minimum Gasteiger partial charge on any atom is -0.381 e. The summed E-state index contributed by atoms with van der Waals surface area (Å²) in [7, 11) is 0. The number of hydrogen-bond acceptors (Lipinski definition) is 2. The Morgan fingerprint density at radius 3 is 2.67 bits per heavy atom. The van der Waals surface area contributed by atoms with Gasteiger partial charge in [-0.25, -0.2) is 0 Å². The number of nitrogens with one attached hydrogen (secondary N) is 1. The first-order chi connectivity index (χ1) is 4.20. The third kappa shape index (κ3) is 1.31. The van der Waals surface area contributed by atoms with Gasteiger partial charge in [0.05, 0.1) is 6.54 Å². The molecule has 0 fully saturated rings. The fourth-order valence-electron chi connectivity index (χ4n) is 0.835. The maximum absolute atomic E-state index is 10.6. The topological polar surface area (TPSA) is 29.1 Å². The predicted octanol–water partition coefficient (Wildman–Crippen LogP) is 0.945. The maximum atomic E-state index is 10.6. The van der Waals surface area contributed by atoms with Crippen molar-refractivity contribution in [2.24, 2.45) is 5.92 Å². The zero-order chi connectivity index (χ0) is 6.85. The van der Waals surface area contributed by atoms with Crippen molar-refractivity contribution in [3.8, 4) is 0 Å². The van der Waals surface area contributed by atoms with Crippen molar-refractivity contribution in [3.05, 3.63) is 11.8 Å². The van der Waals surface area contributed by atoms with E-state index < -0.39 is 0 Å². The van der Waals surface area contributed by atoms with Gasteiger partial charge in [0.2, 0.25) is 0 Å². The van der Waals surface area contributed by atoms with Gasteiger partial charge in [-0.15, -0.1) is 0 Å². The second-order valence-corrected chi connectivity index (χ2v) is 2.57. The van der Waals surface area contributed by atoms with Crippen LogP contribution in [0.3, 0.4) is 0 Å². The summed E-state index contributed by atoms with van der Waals surface area (Å²) in [6, 6.07) is 0. The highest BCUT2D eigenvalue weighted by Gasteiger charge is 2.12. The smallest absolute Gasteiger partial charge is 0.176 e. The molecule has 0 amide bonds. The van der Waals surface area contributed by atoms with E-state index in [-0.39, 0.29) is 7.21 Å². The summed E-state index contributed by atoms with van der Waals surface area (Å²) in [5.74, 6) is 0.648. The molecule has 0 aliphatic carbocycles. The molecule has 0 unspecified atom stereocenters. The molecule has 0 spiro atoms. The van der Waals surface area contributed by atoms with Crippen LogP contribution in [0.15, 0.2) is 11.8 Å². The van der Waals surface area contributed by atoms with Crippen LogP contribution in [0.2, 0.25) is 0 Å². The first-order valence-electron chi connectivity index (χ1n) is 3.18. The van der Waals surface area contributed by atoms with E-state index in [2.05, 4.69) is 19.2 Å². The Kier molecular flexibility index (Phi) is 1.56. The average molecular weight is 127 g/mol. The van der Waals surface area contributed by atoms with E-state index in [9.17, 15) is 4.79 Å². The van der Waals surface area contributed by atoms with Crippen LogP contribution in [-0.4, -0.2) is 12.3 Å². The van der Waals surface area contributed by atoms with E-state index in [1.807, 2.05) is 0 Å². The molecular weight excluding hydrogens is 114 g/mol. The Labute approximate surface area is 56.4 Å². The molecule has 0 aromatic rings. The molecule has 2 nitrogen and oxygen atoms in total. The van der Waals surface area contributed by atoms with Crippen molar-refractivity contribution in [2.45, 2.75) is 13.8 Å². The third-order valence-corrected chi connectivity index (χ3v) is 1.41. The van der Waals surface area contributed by atoms with Crippen LogP contribution in [0.1, 0.15) is 15.3 Å². The number of ketones is 1. The van der Waals surface area contributed by atoms with E-state index in [1.165, 1.54) is 0 Å². The summed E-state index contributed by atoms with van der Waals surface area (Å²) in [5.41, 5.74) is 1.07. The number of rotatable bonds is 1. The van der Waals surface area contributed by atoms with Gasteiger partial charge in [-0.2, -0.15) is 0 Å². The summed E-state index contributed by atoms with van der Waals surface area (Å²) in [6.07, 6.45) is 1.69. The van der Waals surface area contributed by atoms with Crippen molar-refractivity contribution in [1.82, 2.24) is 5.32 Å². The van der Waals surface area contributed by atoms with Crippen LogP contribution in [0.5, 0.6) is 0 Å². The highest BCUT2D eigenvalue weighted by Crippen LogP contribution is 2.08. The van der Waals surface area contributed by atoms with Crippen LogP contribution < -0.4 is 5.32 Å². The SMILES string of the molecule is CC(C)C1=CC(=O)CN1.[HH]. The normalized spacial score (nSPS) is 18.1. The summed E-state index contributed by atoms with van der Waals surface area (Å²) >= 11 is 0. The molecule has 1 heterocycles. The second kappa shape index (κ2) is 2.21. The molecule has 52 valence electrons. The van der Waals surface area contributed by atoms with Gasteiger partial charge in [-0.3, -0.25) is 4.79 Å². The second-order valence-electron chi connectivity index (χ2n) is 2.57. The summed E-state index contributed by atoms with van der Waals surface area (Å²) in [4.78, 5) is 10.6. The Morgan fingerprint density at radius 1 is 1.78 bits per heavy atom. The highest BCUT2D eigenvalue weighted by molar-refractivity contribution is 5.94. The van der Waals surface area contributed by atoms with Crippen molar-refractivity contribution in [1.29, 1.82) is 0 Å². The fourth-order valence-corrected chi connectivity index (χ4v) is 0.835. The van der Waals surface area contributed by atoms with Crippen LogP contribution in [0.25, 0.3) is 0 Å². The summed E-state index contributed by atoms with van der Waals surface area (Å²) in [6.45, 7) is 4.63. The summed E-state index contributed by atoms with van der Waals surface area (Å²) < 4.78 is 0. The summed E-state index contributed by atoms with van der Waals surface area (Å²) in [5, 5.41) is 3.02. The lowest BCUT2D eigenvalue weighted by molar-refractivity contribution is -0.113. The van der Waals surface area contributed by atoms with Gasteiger partial charge in [0.15, 0.2) is 5.78 Å². The number of hydrogen-bond donors (Lipinski definition) is 1. The molecule has 0 saturated carbocycles. The number of carbonyl (C=O) groups excluding carboxylic acids is 1. The molecule has 0 radical (unpaired) electrons. The van der Waals surface area contributed by atoms with E-state index >= 15 is 0 Å². The minimum absolute atomic E-state index is 0. The minimum atomic E-state index is 0. The fraction of sp³-hybridized carbons (Fsp3) is 0.571. The molecule has 0 saturated heterocycles. The van der Waals surface area contributed by atoms with Crippen molar-refractivity contribution >= 4 is 5.78 Å². The Bertz CT molecular complexity index is 163. The van der Waals surface area contributed by atoms with Gasteiger partial charge in [-0.05, 0) is 5.92 Å². The molecule has 0 bridgehead atoms. The standard InChI is InChI=1S/C7H11NO.H2/c1-5(2)7-3-6(9)4-8-7;/h3,5,8H,4H2,1-2H3;1H. The molecule has 9 heavy (non-hydrogen) atoms. The molecule has 0 atom stereocenters. The van der Waals surface area contributed by atoms with Gasteiger partial charge in [0, 0.05) is 13.2 Å². The van der Waals surface area contributed by atoms with Crippen LogP contribution >= 0.6 is 0 Å². The van der Waals surface area contributed by atoms with Gasteiger partial charge in [-0.1, -0.05) is 13.8 Å². The third-order valence-electron chi connectivity index (χ3n) is 1.41. The van der Waals surface area contributed by atoms with Crippen molar-refractivity contribution in [2.75, 3.05) is 6.54 Å². The van der Waals surface area contributed by atoms with Gasteiger partial charge < -0.3 is 5.32 Å². The zero-order valence-corrected chi connectivity index (χ0v) is 5.77. The lowest BCUT2D eigenvalue weighted by Gasteiger charge is -2.04. The molecule has 1 rings (SSSR count). The Balaban J connectivity index is 0.000000810. The van der Waals surface area contributed by atoms with Crippen LogP contribution in [0, 0.1) is 5.92 Å². The van der Waals surface area contributed by atoms with E-state index in [0.717, 1.165) is 5.70 Å². The van der Waals surface area contributed by atoms with Gasteiger partial charge in [0.25, 0.3) is 0 Å².